The van der Waals surface area contributed by atoms with E-state index in [1.165, 1.54) is 0 Å². The Labute approximate surface area is 184 Å². The van der Waals surface area contributed by atoms with Crippen LogP contribution >= 0.6 is 0 Å². The zero-order chi connectivity index (χ0) is 22.4. The molecule has 1 N–H and O–H groups in total. The van der Waals surface area contributed by atoms with E-state index in [-0.39, 0.29) is 29.4 Å². The highest BCUT2D eigenvalue weighted by molar-refractivity contribution is 6.09. The summed E-state index contributed by atoms with van der Waals surface area (Å²) in [5.74, 6) is -0.127. The molecule has 4 heteroatoms. The van der Waals surface area contributed by atoms with Crippen LogP contribution in [0.15, 0.2) is 78.9 Å². The van der Waals surface area contributed by atoms with E-state index in [0.29, 0.717) is 24.1 Å². The Bertz CT molecular complexity index is 1030. The van der Waals surface area contributed by atoms with E-state index < -0.39 is 0 Å². The van der Waals surface area contributed by atoms with Crippen molar-refractivity contribution in [3.05, 3.63) is 101 Å². The molecular formula is C27H29NO3. The Hall–Kier alpha value is -3.40. The third-order valence-electron chi connectivity index (χ3n) is 5.54. The average molecular weight is 416 g/mol. The first-order valence-electron chi connectivity index (χ1n) is 10.6. The van der Waals surface area contributed by atoms with Crippen LogP contribution in [0.3, 0.4) is 0 Å². The molecule has 0 saturated carbocycles. The molecule has 31 heavy (non-hydrogen) atoms. The molecule has 1 amide bonds. The largest absolute Gasteiger partial charge is 0.508 e. The molecule has 0 heterocycles. The maximum absolute atomic E-state index is 13.3. The summed E-state index contributed by atoms with van der Waals surface area (Å²) in [6, 6.07) is 23.7. The van der Waals surface area contributed by atoms with Crippen molar-refractivity contribution in [2.24, 2.45) is 0 Å². The fourth-order valence-corrected chi connectivity index (χ4v) is 3.63. The monoisotopic (exact) mass is 415 g/mol. The van der Waals surface area contributed by atoms with Gasteiger partial charge in [-0.15, -0.1) is 0 Å². The van der Waals surface area contributed by atoms with Crippen LogP contribution in [0.25, 0.3) is 0 Å². The van der Waals surface area contributed by atoms with Crippen molar-refractivity contribution >= 4 is 11.7 Å². The lowest BCUT2D eigenvalue weighted by molar-refractivity contribution is -0.134. The van der Waals surface area contributed by atoms with Gasteiger partial charge in [-0.25, -0.2) is 0 Å². The number of carbonyl (C=O) groups is 2. The van der Waals surface area contributed by atoms with Crippen LogP contribution in [-0.2, 0) is 11.2 Å². The van der Waals surface area contributed by atoms with Gasteiger partial charge < -0.3 is 10.0 Å². The molecule has 0 bridgehead atoms. The molecular weight excluding hydrogens is 386 g/mol. The second-order valence-electron chi connectivity index (χ2n) is 8.08. The molecule has 3 rings (SSSR count). The van der Waals surface area contributed by atoms with Gasteiger partial charge in [0.25, 0.3) is 0 Å². The van der Waals surface area contributed by atoms with Gasteiger partial charge in [-0.3, -0.25) is 9.59 Å². The summed E-state index contributed by atoms with van der Waals surface area (Å²) in [5, 5.41) is 9.46. The number of nitrogens with zero attached hydrogens (tertiary/aromatic N) is 1. The number of amides is 1. The highest BCUT2D eigenvalue weighted by Crippen LogP contribution is 2.22. The molecule has 0 unspecified atom stereocenters. The molecule has 0 radical (unpaired) electrons. The van der Waals surface area contributed by atoms with Crippen LogP contribution in [0.5, 0.6) is 5.75 Å². The molecule has 0 aliphatic carbocycles. The number of aromatic hydroxyl groups is 1. The molecule has 4 nitrogen and oxygen atoms in total. The van der Waals surface area contributed by atoms with Crippen LogP contribution in [0, 0.1) is 0 Å². The molecule has 0 aliphatic heterocycles. The Morgan fingerprint density at radius 1 is 0.839 bits per heavy atom. The van der Waals surface area contributed by atoms with Gasteiger partial charge in [0.15, 0.2) is 5.78 Å². The smallest absolute Gasteiger partial charge is 0.230 e. The van der Waals surface area contributed by atoms with Crippen molar-refractivity contribution in [1.82, 2.24) is 4.90 Å². The zero-order valence-corrected chi connectivity index (χ0v) is 18.3. The molecule has 0 spiro atoms. The van der Waals surface area contributed by atoms with Gasteiger partial charge in [0.1, 0.15) is 5.75 Å². The summed E-state index contributed by atoms with van der Waals surface area (Å²) in [4.78, 5) is 28.0. The summed E-state index contributed by atoms with van der Waals surface area (Å²) >= 11 is 0. The van der Waals surface area contributed by atoms with E-state index in [0.717, 1.165) is 11.1 Å². The highest BCUT2D eigenvalue weighted by atomic mass is 16.3. The Morgan fingerprint density at radius 3 is 2.13 bits per heavy atom. The van der Waals surface area contributed by atoms with Crippen molar-refractivity contribution < 1.29 is 14.7 Å². The van der Waals surface area contributed by atoms with Crippen molar-refractivity contribution in [3.63, 3.8) is 0 Å². The van der Waals surface area contributed by atoms with Crippen LogP contribution in [-0.4, -0.2) is 34.3 Å². The first-order chi connectivity index (χ1) is 14.9. The zero-order valence-electron chi connectivity index (χ0n) is 18.3. The maximum atomic E-state index is 13.3. The number of hydrogen-bond donors (Lipinski definition) is 1. The molecule has 0 aliphatic rings. The first kappa shape index (κ1) is 22.3. The van der Waals surface area contributed by atoms with E-state index in [1.54, 1.807) is 30.3 Å². The molecule has 0 aromatic heterocycles. The molecule has 160 valence electrons. The number of benzene rings is 3. The van der Waals surface area contributed by atoms with E-state index in [1.807, 2.05) is 74.2 Å². The lowest BCUT2D eigenvalue weighted by Crippen LogP contribution is -2.40. The number of ketones is 1. The molecule has 3 aromatic rings. The lowest BCUT2D eigenvalue weighted by Gasteiger charge is -2.30. The number of phenolic OH excluding ortho intramolecular Hbond substituents is 1. The number of phenols is 1. The van der Waals surface area contributed by atoms with E-state index >= 15 is 0 Å². The fourth-order valence-electron chi connectivity index (χ4n) is 3.63. The van der Waals surface area contributed by atoms with Gasteiger partial charge in [-0.1, -0.05) is 60.7 Å². The van der Waals surface area contributed by atoms with Crippen LogP contribution in [0.1, 0.15) is 53.7 Å². The normalized spacial score (nSPS) is 11.9. The van der Waals surface area contributed by atoms with Crippen LogP contribution in [0.4, 0.5) is 0 Å². The summed E-state index contributed by atoms with van der Waals surface area (Å²) in [5.41, 5.74) is 3.13. The SMILES string of the molecule is CC(C)N(CCc1ccc(O)cc1)C(=O)[C@@H](C)c1cccc(C(=O)c2ccccc2)c1. The number of hydrogen-bond acceptors (Lipinski definition) is 3. The molecule has 0 saturated heterocycles. The fraction of sp³-hybridized carbons (Fsp3) is 0.259. The quantitative estimate of drug-likeness (QED) is 0.514. The molecule has 0 fully saturated rings. The minimum absolute atomic E-state index is 0.0399. The van der Waals surface area contributed by atoms with Crippen molar-refractivity contribution in [1.29, 1.82) is 0 Å². The van der Waals surface area contributed by atoms with E-state index in [4.69, 9.17) is 0 Å². The average Bonchev–Trinajstić information content (AvgIpc) is 2.79. The van der Waals surface area contributed by atoms with Gasteiger partial charge >= 0.3 is 0 Å². The van der Waals surface area contributed by atoms with Crippen molar-refractivity contribution in [2.45, 2.75) is 39.2 Å². The summed E-state index contributed by atoms with van der Waals surface area (Å²) in [6.45, 7) is 6.51. The van der Waals surface area contributed by atoms with Crippen molar-refractivity contribution in [2.75, 3.05) is 6.54 Å². The third kappa shape index (κ3) is 5.60. The summed E-state index contributed by atoms with van der Waals surface area (Å²) < 4.78 is 0. The maximum Gasteiger partial charge on any atom is 0.230 e. The van der Waals surface area contributed by atoms with E-state index in [9.17, 15) is 14.7 Å². The minimum atomic E-state index is -0.356. The number of rotatable bonds is 8. The van der Waals surface area contributed by atoms with Gasteiger partial charge in [0.05, 0.1) is 5.92 Å². The second-order valence-corrected chi connectivity index (χ2v) is 8.08. The predicted molar refractivity (Wildman–Crippen MR) is 123 cm³/mol. The molecule has 1 atom stereocenters. The standard InChI is InChI=1S/C27H29NO3/c1-19(2)28(17-16-21-12-14-25(29)15-13-21)27(31)20(3)23-10-7-11-24(18-23)26(30)22-8-5-4-6-9-22/h4-15,18-20,29H,16-17H2,1-3H3/t20-/m0/s1. The van der Waals surface area contributed by atoms with Gasteiger partial charge in [-0.2, -0.15) is 0 Å². The van der Waals surface area contributed by atoms with Crippen LogP contribution < -0.4 is 0 Å². The summed E-state index contributed by atoms with van der Waals surface area (Å²) in [6.07, 6.45) is 0.712. The topological polar surface area (TPSA) is 57.6 Å². The van der Waals surface area contributed by atoms with Gasteiger partial charge in [-0.05, 0) is 56.5 Å². The highest BCUT2D eigenvalue weighted by Gasteiger charge is 2.24. The van der Waals surface area contributed by atoms with Crippen LogP contribution in [0.2, 0.25) is 0 Å². The third-order valence-corrected chi connectivity index (χ3v) is 5.54. The van der Waals surface area contributed by atoms with E-state index in [2.05, 4.69) is 0 Å². The Morgan fingerprint density at radius 2 is 1.48 bits per heavy atom. The Balaban J connectivity index is 1.75. The van der Waals surface area contributed by atoms with Gasteiger partial charge in [0.2, 0.25) is 5.91 Å². The van der Waals surface area contributed by atoms with Crippen molar-refractivity contribution in [3.8, 4) is 5.75 Å². The second kappa shape index (κ2) is 10.1. The predicted octanol–water partition coefficient (Wildman–Crippen LogP) is 5.21. The Kier molecular flexibility index (Phi) is 7.24. The summed E-state index contributed by atoms with van der Waals surface area (Å²) in [7, 11) is 0. The number of carbonyl (C=O) groups excluding carboxylic acids is 2. The van der Waals surface area contributed by atoms with Gasteiger partial charge in [0, 0.05) is 23.7 Å². The molecule has 3 aromatic carbocycles. The first-order valence-corrected chi connectivity index (χ1v) is 10.6. The lowest BCUT2D eigenvalue weighted by atomic mass is 9.94. The minimum Gasteiger partial charge on any atom is -0.508 e.